The van der Waals surface area contributed by atoms with Gasteiger partial charge in [0.15, 0.2) is 23.0 Å². The Kier molecular flexibility index (Phi) is 13.6. The SMILES string of the molecule is COc1ccc(S(=O)(=O)N(CC(=O)NCCCNC(=O)CN(c2ccc(C)cc2)S(=O)(=O)c2ccc(OC)c(OC)c2)c2ccc(C)cc2)cc1OC. The number of nitrogens with zero attached hydrogens (tertiary/aromatic N) is 2. The number of methoxy groups -OCH3 is 4. The summed E-state index contributed by atoms with van der Waals surface area (Å²) in [6.07, 6.45) is 0.275. The van der Waals surface area contributed by atoms with Crippen molar-refractivity contribution >= 4 is 43.2 Å². The molecule has 0 aliphatic rings. The molecule has 0 unspecified atom stereocenters. The molecule has 0 heterocycles. The molecule has 0 saturated heterocycles. The number of benzene rings is 4. The Bertz CT molecular complexity index is 1960. The van der Waals surface area contributed by atoms with Crippen molar-refractivity contribution in [2.24, 2.45) is 0 Å². The molecule has 14 nitrogen and oxygen atoms in total. The van der Waals surface area contributed by atoms with E-state index in [4.69, 9.17) is 18.9 Å². The van der Waals surface area contributed by atoms with Gasteiger partial charge in [0.1, 0.15) is 13.1 Å². The van der Waals surface area contributed by atoms with Gasteiger partial charge < -0.3 is 29.6 Å². The summed E-state index contributed by atoms with van der Waals surface area (Å²) < 4.78 is 78.4. The lowest BCUT2D eigenvalue weighted by Gasteiger charge is -2.25. The van der Waals surface area contributed by atoms with Crippen LogP contribution < -0.4 is 38.2 Å². The quantitative estimate of drug-likeness (QED) is 0.141. The summed E-state index contributed by atoms with van der Waals surface area (Å²) >= 11 is 0. The number of rotatable bonds is 18. The highest BCUT2D eigenvalue weighted by Gasteiger charge is 2.30. The summed E-state index contributed by atoms with van der Waals surface area (Å²) in [6, 6.07) is 21.8. The highest BCUT2D eigenvalue weighted by atomic mass is 32.2. The Hall–Kier alpha value is -5.48. The van der Waals surface area contributed by atoms with E-state index in [-0.39, 0.29) is 52.2 Å². The predicted molar refractivity (Wildman–Crippen MR) is 201 cm³/mol. The number of sulfonamides is 2. The van der Waals surface area contributed by atoms with Crippen molar-refractivity contribution in [2.45, 2.75) is 30.1 Å². The van der Waals surface area contributed by atoms with Crippen molar-refractivity contribution in [1.82, 2.24) is 10.6 Å². The first-order valence-electron chi connectivity index (χ1n) is 16.4. The molecule has 0 atom stereocenters. The van der Waals surface area contributed by atoms with Gasteiger partial charge in [0.25, 0.3) is 20.0 Å². The molecular weight excluding hydrogens is 725 g/mol. The lowest BCUT2D eigenvalue weighted by molar-refractivity contribution is -0.119. The third-order valence-electron chi connectivity index (χ3n) is 8.10. The van der Waals surface area contributed by atoms with E-state index in [2.05, 4.69) is 10.6 Å². The largest absolute Gasteiger partial charge is 0.493 e. The van der Waals surface area contributed by atoms with Gasteiger partial charge in [0.05, 0.1) is 49.6 Å². The summed E-state index contributed by atoms with van der Waals surface area (Å²) in [4.78, 5) is 26.0. The van der Waals surface area contributed by atoms with Crippen molar-refractivity contribution in [2.75, 3.05) is 63.2 Å². The Morgan fingerprint density at radius 1 is 0.528 bits per heavy atom. The van der Waals surface area contributed by atoms with Crippen LogP contribution in [0.5, 0.6) is 23.0 Å². The van der Waals surface area contributed by atoms with E-state index in [1.807, 2.05) is 13.8 Å². The number of ether oxygens (including phenoxy) is 4. The highest BCUT2D eigenvalue weighted by Crippen LogP contribution is 2.33. The third kappa shape index (κ3) is 9.90. The van der Waals surface area contributed by atoms with E-state index in [9.17, 15) is 26.4 Å². The van der Waals surface area contributed by atoms with Gasteiger partial charge in [-0.05, 0) is 68.8 Å². The minimum absolute atomic E-state index is 0.0981. The van der Waals surface area contributed by atoms with Crippen molar-refractivity contribution in [1.29, 1.82) is 0 Å². The Balaban J connectivity index is 1.41. The van der Waals surface area contributed by atoms with Crippen LogP contribution in [0.4, 0.5) is 11.4 Å². The molecule has 2 N–H and O–H groups in total. The molecule has 0 saturated carbocycles. The number of hydrogen-bond acceptors (Lipinski definition) is 10. The van der Waals surface area contributed by atoms with Gasteiger partial charge in [-0.15, -0.1) is 0 Å². The van der Waals surface area contributed by atoms with E-state index in [0.29, 0.717) is 11.5 Å². The lowest BCUT2D eigenvalue weighted by Crippen LogP contribution is -2.42. The van der Waals surface area contributed by atoms with Gasteiger partial charge in [0.2, 0.25) is 11.8 Å². The Morgan fingerprint density at radius 3 is 1.19 bits per heavy atom. The van der Waals surface area contributed by atoms with E-state index >= 15 is 0 Å². The molecule has 4 aromatic rings. The van der Waals surface area contributed by atoms with Gasteiger partial charge in [0, 0.05) is 25.2 Å². The maximum atomic E-state index is 13.8. The van der Waals surface area contributed by atoms with E-state index < -0.39 is 45.0 Å². The Labute approximate surface area is 310 Å². The molecule has 16 heteroatoms. The maximum absolute atomic E-state index is 13.8. The second-order valence-electron chi connectivity index (χ2n) is 11.8. The monoisotopic (exact) mass is 768 g/mol. The zero-order chi connectivity index (χ0) is 38.8. The molecule has 0 fully saturated rings. The number of carbonyl (C=O) groups excluding carboxylic acids is 2. The average Bonchev–Trinajstić information content (AvgIpc) is 3.15. The second kappa shape index (κ2) is 17.8. The minimum Gasteiger partial charge on any atom is -0.493 e. The van der Waals surface area contributed by atoms with Crippen LogP contribution in [-0.4, -0.2) is 83.3 Å². The zero-order valence-corrected chi connectivity index (χ0v) is 32.0. The fraction of sp³-hybridized carbons (Fsp3) is 0.297. The first-order chi connectivity index (χ1) is 25.2. The second-order valence-corrected chi connectivity index (χ2v) is 15.5. The van der Waals surface area contributed by atoms with Crippen LogP contribution in [0.3, 0.4) is 0 Å². The zero-order valence-electron chi connectivity index (χ0n) is 30.4. The number of aryl methyl sites for hydroxylation is 2. The maximum Gasteiger partial charge on any atom is 0.264 e. The van der Waals surface area contributed by atoms with Crippen LogP contribution in [0.15, 0.2) is 94.7 Å². The van der Waals surface area contributed by atoms with Crippen molar-refractivity contribution in [3.63, 3.8) is 0 Å². The van der Waals surface area contributed by atoms with E-state index in [1.54, 1.807) is 48.5 Å². The standard InChI is InChI=1S/C37H44N4O10S2/c1-26-8-12-28(13-9-26)40(52(44,45)30-16-18-32(48-3)34(22-30)50-5)24-36(42)38-20-7-21-39-37(43)25-41(29-14-10-27(2)11-15-29)53(46,47)31-17-19-33(49-4)35(23-31)51-6/h8-19,22-23H,7,20-21,24-25H2,1-6H3,(H,38,42)(H,39,43). The minimum atomic E-state index is -4.23. The molecule has 0 bridgehead atoms. The van der Waals surface area contributed by atoms with Gasteiger partial charge in [-0.3, -0.25) is 18.2 Å². The summed E-state index contributed by atoms with van der Waals surface area (Å²) in [7, 11) is -2.80. The fourth-order valence-electron chi connectivity index (χ4n) is 5.18. The van der Waals surface area contributed by atoms with Crippen LogP contribution in [0.1, 0.15) is 17.5 Å². The summed E-state index contributed by atoms with van der Waals surface area (Å²) in [5, 5.41) is 5.40. The van der Waals surface area contributed by atoms with Crippen LogP contribution in [0.25, 0.3) is 0 Å². The predicted octanol–water partition coefficient (Wildman–Crippen LogP) is 4.05. The lowest BCUT2D eigenvalue weighted by atomic mass is 10.2. The van der Waals surface area contributed by atoms with Crippen molar-refractivity contribution in [3.8, 4) is 23.0 Å². The molecule has 4 rings (SSSR count). The van der Waals surface area contributed by atoms with Crippen molar-refractivity contribution < 1.29 is 45.4 Å². The fourth-order valence-corrected chi connectivity index (χ4v) is 8.05. The highest BCUT2D eigenvalue weighted by molar-refractivity contribution is 7.93. The number of carbonyl (C=O) groups is 2. The smallest absolute Gasteiger partial charge is 0.264 e. The van der Waals surface area contributed by atoms with Crippen LogP contribution in [0.2, 0.25) is 0 Å². The third-order valence-corrected chi connectivity index (χ3v) is 11.6. The molecule has 0 aromatic heterocycles. The molecule has 284 valence electrons. The van der Waals surface area contributed by atoms with Crippen molar-refractivity contribution in [3.05, 3.63) is 96.1 Å². The van der Waals surface area contributed by atoms with Gasteiger partial charge in [-0.2, -0.15) is 0 Å². The Morgan fingerprint density at radius 2 is 0.868 bits per heavy atom. The van der Waals surface area contributed by atoms with Crippen LogP contribution in [-0.2, 0) is 29.6 Å². The normalized spacial score (nSPS) is 11.3. The van der Waals surface area contributed by atoms with Gasteiger partial charge in [-0.25, -0.2) is 16.8 Å². The molecule has 0 aliphatic carbocycles. The number of anilines is 2. The first-order valence-corrected chi connectivity index (χ1v) is 19.3. The molecule has 0 aliphatic heterocycles. The molecular formula is C37H44N4O10S2. The summed E-state index contributed by atoms with van der Waals surface area (Å²) in [5.41, 5.74) is 2.39. The number of hydrogen-bond donors (Lipinski definition) is 2. The first kappa shape index (κ1) is 40.3. The van der Waals surface area contributed by atoms with Crippen LogP contribution >= 0.6 is 0 Å². The number of nitrogens with one attached hydrogen (secondary N) is 2. The molecule has 0 spiro atoms. The molecule has 0 radical (unpaired) electrons. The van der Waals surface area contributed by atoms with Crippen LogP contribution in [0, 0.1) is 13.8 Å². The summed E-state index contributed by atoms with van der Waals surface area (Å²) in [6.45, 7) is 2.88. The average molecular weight is 769 g/mol. The topological polar surface area (TPSA) is 170 Å². The molecule has 53 heavy (non-hydrogen) atoms. The van der Waals surface area contributed by atoms with Gasteiger partial charge >= 0.3 is 0 Å². The number of amides is 2. The van der Waals surface area contributed by atoms with E-state index in [0.717, 1.165) is 19.7 Å². The van der Waals surface area contributed by atoms with E-state index in [1.165, 1.54) is 64.8 Å². The van der Waals surface area contributed by atoms with Gasteiger partial charge in [-0.1, -0.05) is 35.4 Å². The molecule has 2 amide bonds. The molecule has 4 aromatic carbocycles. The summed E-state index contributed by atoms with van der Waals surface area (Å²) in [5.74, 6) is -0.0323.